The Balaban J connectivity index is 2.40. The van der Waals surface area contributed by atoms with Gasteiger partial charge in [0.1, 0.15) is 27.5 Å². The van der Waals surface area contributed by atoms with Crippen LogP contribution in [0.3, 0.4) is 0 Å². The minimum Gasteiger partial charge on any atom is -0.465 e. The number of fused-ring (bicyclic) bond motifs is 1. The molecular weight excluding hydrogens is 565 g/mol. The van der Waals surface area contributed by atoms with E-state index >= 15 is 4.39 Å². The van der Waals surface area contributed by atoms with E-state index in [1.165, 1.54) is 20.8 Å². The van der Waals surface area contributed by atoms with Crippen LogP contribution in [-0.4, -0.2) is 56.8 Å². The number of aromatic nitrogens is 1. The molecule has 0 radical (unpaired) electrons. The van der Waals surface area contributed by atoms with Crippen LogP contribution < -0.4 is 15.2 Å². The van der Waals surface area contributed by atoms with E-state index in [0.29, 0.717) is 9.79 Å². The van der Waals surface area contributed by atoms with Crippen molar-refractivity contribution in [1.29, 1.82) is 0 Å². The van der Waals surface area contributed by atoms with E-state index in [1.54, 1.807) is 6.07 Å². The van der Waals surface area contributed by atoms with Crippen molar-refractivity contribution in [3.05, 3.63) is 22.2 Å². The highest BCUT2D eigenvalue weighted by Gasteiger charge is 2.63. The first-order chi connectivity index (χ1) is 16.0. The van der Waals surface area contributed by atoms with Crippen molar-refractivity contribution in [3.8, 4) is 0 Å². The minimum absolute atomic E-state index is 0.169. The third kappa shape index (κ3) is 4.40. The van der Waals surface area contributed by atoms with Crippen LogP contribution in [0.5, 0.6) is 0 Å². The van der Waals surface area contributed by atoms with Crippen LogP contribution in [0.25, 0.3) is 0 Å². The van der Waals surface area contributed by atoms with Gasteiger partial charge < -0.3 is 5.11 Å². The summed E-state index contributed by atoms with van der Waals surface area (Å²) in [5.41, 5.74) is -2.00. The van der Waals surface area contributed by atoms with Gasteiger partial charge in [-0.1, -0.05) is 38.9 Å². The highest BCUT2D eigenvalue weighted by molar-refractivity contribution is 9.10. The normalized spacial score (nSPS) is 27.9. The maximum atomic E-state index is 16.4. The minimum atomic E-state index is -3.81. The van der Waals surface area contributed by atoms with E-state index in [4.69, 9.17) is 0 Å². The molecule has 35 heavy (non-hydrogen) atoms. The zero-order chi connectivity index (χ0) is 26.6. The second-order valence-corrected chi connectivity index (χ2v) is 19.6. The molecule has 0 spiro atoms. The standard InChI is InChI=1S/C22H34BrF3N4O3SSi/c1-7-35(8-2,9-3)13-10-15(23)28-17(16(13)24)21(6)14-11-22(25,26)12-27-34(14,33)20(4,5)18(30-21)29-19(31)32/h10,14,34H,7-9,11-12H2,1-6H3,(H,27,33)(H,29,30)(H,31,32)/t14-,21-/m0/s1. The van der Waals surface area contributed by atoms with E-state index in [2.05, 4.69) is 35.9 Å². The van der Waals surface area contributed by atoms with Crippen LogP contribution in [0.2, 0.25) is 18.1 Å². The van der Waals surface area contributed by atoms with Gasteiger partial charge in [-0.15, -0.1) is 0 Å². The molecule has 1 aromatic rings. The molecule has 0 aromatic carbocycles. The molecule has 198 valence electrons. The molecule has 1 saturated heterocycles. The predicted molar refractivity (Wildman–Crippen MR) is 140 cm³/mol. The third-order valence-corrected chi connectivity index (χ3v) is 18.2. The average Bonchev–Trinajstić information content (AvgIpc) is 2.77. The first-order valence-electron chi connectivity index (χ1n) is 11.7. The van der Waals surface area contributed by atoms with Crippen LogP contribution in [-0.2, 0) is 15.7 Å². The molecule has 7 nitrogen and oxygen atoms in total. The molecule has 0 unspecified atom stereocenters. The number of carbonyl (C=O) groups is 1. The highest BCUT2D eigenvalue weighted by atomic mass is 79.9. The highest BCUT2D eigenvalue weighted by Crippen LogP contribution is 2.51. The first-order valence-corrected chi connectivity index (χ1v) is 16.9. The van der Waals surface area contributed by atoms with Crippen LogP contribution in [0, 0.1) is 5.82 Å². The number of aliphatic imine (C=N–C) groups is 1. The van der Waals surface area contributed by atoms with Crippen LogP contribution in [0.4, 0.5) is 18.0 Å². The Bertz CT molecular complexity index is 1110. The van der Waals surface area contributed by atoms with E-state index in [1.807, 2.05) is 20.8 Å². The second kappa shape index (κ2) is 9.21. The van der Waals surface area contributed by atoms with Gasteiger partial charge in [-0.05, 0) is 58.1 Å². The van der Waals surface area contributed by atoms with Crippen LogP contribution >= 0.6 is 15.9 Å². The number of amides is 1. The number of thiol groups is 1. The summed E-state index contributed by atoms with van der Waals surface area (Å²) in [5.74, 6) is -4.01. The van der Waals surface area contributed by atoms with Gasteiger partial charge in [0.25, 0.3) is 5.92 Å². The van der Waals surface area contributed by atoms with Gasteiger partial charge in [0.2, 0.25) is 0 Å². The lowest BCUT2D eigenvalue weighted by Gasteiger charge is -2.57. The van der Waals surface area contributed by atoms with Gasteiger partial charge in [-0.3, -0.25) is 19.2 Å². The van der Waals surface area contributed by atoms with Gasteiger partial charge in [0.05, 0.1) is 24.6 Å². The Morgan fingerprint density at radius 3 is 2.37 bits per heavy atom. The molecule has 2 atom stereocenters. The molecule has 2 aliphatic rings. The maximum absolute atomic E-state index is 16.4. The molecule has 1 fully saturated rings. The Morgan fingerprint density at radius 2 is 1.86 bits per heavy atom. The van der Waals surface area contributed by atoms with Gasteiger partial charge in [0.15, 0.2) is 0 Å². The number of hydrogen-bond acceptors (Lipinski definition) is 4. The fraction of sp³-hybridized carbons (Fsp3) is 0.682. The van der Waals surface area contributed by atoms with E-state index < -0.39 is 64.5 Å². The number of alkyl halides is 2. The zero-order valence-corrected chi connectivity index (χ0v) is 24.3. The molecule has 2 aliphatic heterocycles. The number of pyridine rings is 1. The average molecular weight is 600 g/mol. The smallest absolute Gasteiger partial charge is 0.410 e. The SMILES string of the molecule is CC[Si](CC)(CC)c1cc(Br)nc([C@@]2(C)N=C(NC(=O)O)C(C)(C)[SH]3(=O)NCC(F)(F)C[C@@H]23)c1F. The first kappa shape index (κ1) is 28.3. The molecule has 0 saturated carbocycles. The molecule has 0 bridgehead atoms. The van der Waals surface area contributed by atoms with Crippen molar-refractivity contribution < 1.29 is 27.3 Å². The summed E-state index contributed by atoms with van der Waals surface area (Å²) in [7, 11) is -6.10. The Morgan fingerprint density at radius 1 is 1.29 bits per heavy atom. The molecule has 1 aromatic heterocycles. The van der Waals surface area contributed by atoms with Crippen molar-refractivity contribution in [2.45, 2.75) is 87.6 Å². The summed E-state index contributed by atoms with van der Waals surface area (Å²) in [6, 6.07) is 3.97. The van der Waals surface area contributed by atoms with Crippen LogP contribution in [0.1, 0.15) is 53.7 Å². The molecule has 0 aliphatic carbocycles. The van der Waals surface area contributed by atoms with Crippen molar-refractivity contribution >= 4 is 51.2 Å². The van der Waals surface area contributed by atoms with Gasteiger partial charge >= 0.3 is 6.09 Å². The summed E-state index contributed by atoms with van der Waals surface area (Å²) >= 11 is 3.37. The number of nitrogens with one attached hydrogen (secondary N) is 2. The number of halogens is 4. The lowest BCUT2D eigenvalue weighted by atomic mass is 9.88. The second-order valence-electron chi connectivity index (χ2n) is 10.2. The largest absolute Gasteiger partial charge is 0.465 e. The summed E-state index contributed by atoms with van der Waals surface area (Å²) in [6.45, 7) is 9.67. The van der Waals surface area contributed by atoms with Crippen LogP contribution in [0.15, 0.2) is 15.7 Å². The van der Waals surface area contributed by atoms with Gasteiger partial charge in [0, 0.05) is 6.42 Å². The fourth-order valence-corrected chi connectivity index (χ4v) is 13.6. The third-order valence-electron chi connectivity index (χ3n) is 8.14. The summed E-state index contributed by atoms with van der Waals surface area (Å²) < 4.78 is 61.8. The molecule has 13 heteroatoms. The summed E-state index contributed by atoms with van der Waals surface area (Å²) in [5, 5.41) is 10.8. The summed E-state index contributed by atoms with van der Waals surface area (Å²) in [6.07, 6.45) is -2.23. The van der Waals surface area contributed by atoms with E-state index in [0.717, 1.165) is 18.1 Å². The Hall–Kier alpha value is -1.31. The lowest BCUT2D eigenvalue weighted by Crippen LogP contribution is -2.73. The lowest BCUT2D eigenvalue weighted by molar-refractivity contribution is -0.0139. The predicted octanol–water partition coefficient (Wildman–Crippen LogP) is 4.30. The fourth-order valence-electron chi connectivity index (χ4n) is 5.60. The van der Waals surface area contributed by atoms with Gasteiger partial charge in [-0.2, -0.15) is 0 Å². The van der Waals surface area contributed by atoms with Crippen molar-refractivity contribution in [2.24, 2.45) is 4.99 Å². The number of amidine groups is 1. The monoisotopic (exact) mass is 598 g/mol. The Kier molecular flexibility index (Phi) is 7.44. The van der Waals surface area contributed by atoms with Crippen molar-refractivity contribution in [3.63, 3.8) is 0 Å². The zero-order valence-electron chi connectivity index (χ0n) is 20.8. The number of rotatable bonds is 5. The quantitative estimate of drug-likeness (QED) is 0.230. The summed E-state index contributed by atoms with van der Waals surface area (Å²) in [4.78, 5) is 20.5. The van der Waals surface area contributed by atoms with Crippen molar-refractivity contribution in [1.82, 2.24) is 15.0 Å². The topological polar surface area (TPSA) is 104 Å². The number of hydrogen-bond donors (Lipinski definition) is 4. The van der Waals surface area contributed by atoms with Gasteiger partial charge in [-0.25, -0.2) is 22.9 Å². The molecule has 3 rings (SSSR count). The molecule has 3 heterocycles. The maximum Gasteiger partial charge on any atom is 0.410 e. The van der Waals surface area contributed by atoms with Crippen molar-refractivity contribution in [2.75, 3.05) is 6.54 Å². The number of carboxylic acid groups (broad SMARTS) is 1. The van der Waals surface area contributed by atoms with E-state index in [-0.39, 0.29) is 11.5 Å². The van der Waals surface area contributed by atoms with E-state index in [9.17, 15) is 22.9 Å². The molecule has 1 amide bonds. The number of nitrogens with zero attached hydrogens (tertiary/aromatic N) is 2. The Labute approximate surface area is 214 Å². The molecule has 3 N–H and O–H groups in total. The molecular formula is C22H34BrF3N4O3SSi.